The Kier molecular flexibility index (Phi) is 3.01. The van der Waals surface area contributed by atoms with Gasteiger partial charge in [0, 0.05) is 24.5 Å². The number of anilines is 3. The number of aromatic nitrogens is 3. The second kappa shape index (κ2) is 5.12. The van der Waals surface area contributed by atoms with Crippen molar-refractivity contribution in [2.75, 3.05) is 36.5 Å². The third kappa shape index (κ3) is 2.23. The Labute approximate surface area is 143 Å². The maximum Gasteiger partial charge on any atom is 0.161 e. The highest BCUT2D eigenvalue weighted by Gasteiger charge is 2.49. The van der Waals surface area contributed by atoms with Crippen LogP contribution in [0.2, 0.25) is 0 Å². The van der Waals surface area contributed by atoms with Gasteiger partial charge in [0.05, 0.1) is 24.1 Å². The van der Waals surface area contributed by atoms with E-state index in [1.165, 1.54) is 17.0 Å². The Morgan fingerprint density at radius 3 is 2.92 bits per heavy atom. The molecule has 3 aromatic rings. The first-order valence-electron chi connectivity index (χ1n) is 7.99. The van der Waals surface area contributed by atoms with Gasteiger partial charge in [-0.15, -0.1) is 11.3 Å². The topological polar surface area (TPSA) is 63.2 Å². The zero-order valence-corrected chi connectivity index (χ0v) is 14.1. The van der Waals surface area contributed by atoms with Crippen LogP contribution in [0.25, 0.3) is 10.3 Å². The molecule has 0 amide bonds. The molecular formula is C17H17N5OS. The SMILES string of the molecule is Cc1nc(Nc2cccc(N3CC4(COC4)C3)c2)c2ncsc2n1. The lowest BCUT2D eigenvalue weighted by molar-refractivity contribution is -0.127. The highest BCUT2D eigenvalue weighted by molar-refractivity contribution is 7.16. The molecule has 0 aliphatic carbocycles. The molecule has 7 heteroatoms. The van der Waals surface area contributed by atoms with Crippen molar-refractivity contribution in [3.8, 4) is 0 Å². The van der Waals surface area contributed by atoms with Crippen LogP contribution in [-0.2, 0) is 4.74 Å². The van der Waals surface area contributed by atoms with E-state index in [1.807, 2.05) is 6.92 Å². The normalized spacial score (nSPS) is 18.5. The average Bonchev–Trinajstić information content (AvgIpc) is 2.93. The molecule has 0 unspecified atom stereocenters. The lowest BCUT2D eigenvalue weighted by atomic mass is 9.78. The monoisotopic (exact) mass is 339 g/mol. The fraction of sp³-hybridized carbons (Fsp3) is 0.353. The van der Waals surface area contributed by atoms with E-state index < -0.39 is 0 Å². The molecule has 24 heavy (non-hydrogen) atoms. The minimum absolute atomic E-state index is 0.417. The number of benzene rings is 1. The number of ether oxygens (including phenoxy) is 1. The number of nitrogens with one attached hydrogen (secondary N) is 1. The molecule has 1 aromatic carbocycles. The summed E-state index contributed by atoms with van der Waals surface area (Å²) >= 11 is 1.53. The van der Waals surface area contributed by atoms with Gasteiger partial charge >= 0.3 is 0 Å². The minimum atomic E-state index is 0.417. The molecule has 2 aliphatic heterocycles. The van der Waals surface area contributed by atoms with E-state index in [0.717, 1.165) is 54.0 Å². The Bertz CT molecular complexity index is 912. The van der Waals surface area contributed by atoms with E-state index in [4.69, 9.17) is 4.74 Å². The largest absolute Gasteiger partial charge is 0.380 e. The maximum atomic E-state index is 5.35. The van der Waals surface area contributed by atoms with Crippen LogP contribution < -0.4 is 10.2 Å². The van der Waals surface area contributed by atoms with Gasteiger partial charge < -0.3 is 15.0 Å². The summed E-state index contributed by atoms with van der Waals surface area (Å²) in [5.41, 5.74) is 5.30. The Morgan fingerprint density at radius 2 is 2.12 bits per heavy atom. The van der Waals surface area contributed by atoms with Gasteiger partial charge in [-0.1, -0.05) is 6.07 Å². The second-order valence-corrected chi connectivity index (χ2v) is 7.48. The molecule has 2 aromatic heterocycles. The van der Waals surface area contributed by atoms with Crippen LogP contribution >= 0.6 is 11.3 Å². The molecule has 4 heterocycles. The molecule has 2 saturated heterocycles. The van der Waals surface area contributed by atoms with Gasteiger partial charge in [0.1, 0.15) is 16.2 Å². The van der Waals surface area contributed by atoms with E-state index in [2.05, 4.69) is 49.4 Å². The van der Waals surface area contributed by atoms with Gasteiger partial charge in [0.15, 0.2) is 5.82 Å². The zero-order chi connectivity index (χ0) is 16.1. The van der Waals surface area contributed by atoms with E-state index in [0.29, 0.717) is 5.41 Å². The minimum Gasteiger partial charge on any atom is -0.380 e. The van der Waals surface area contributed by atoms with E-state index >= 15 is 0 Å². The van der Waals surface area contributed by atoms with Gasteiger partial charge in [-0.25, -0.2) is 15.0 Å². The number of rotatable bonds is 3. The van der Waals surface area contributed by atoms with Gasteiger partial charge in [-0.3, -0.25) is 0 Å². The average molecular weight is 339 g/mol. The zero-order valence-electron chi connectivity index (χ0n) is 13.3. The predicted octanol–water partition coefficient (Wildman–Crippen LogP) is 2.97. The lowest BCUT2D eigenvalue weighted by Gasteiger charge is -2.56. The van der Waals surface area contributed by atoms with Gasteiger partial charge in [0.2, 0.25) is 0 Å². The van der Waals surface area contributed by atoms with E-state index in [-0.39, 0.29) is 0 Å². The molecule has 0 atom stereocenters. The molecule has 122 valence electrons. The van der Waals surface area contributed by atoms with Crippen LogP contribution in [0.5, 0.6) is 0 Å². The van der Waals surface area contributed by atoms with E-state index in [9.17, 15) is 0 Å². The van der Waals surface area contributed by atoms with Crippen molar-refractivity contribution in [1.29, 1.82) is 0 Å². The summed E-state index contributed by atoms with van der Waals surface area (Å²) in [6.07, 6.45) is 0. The number of hydrogen-bond donors (Lipinski definition) is 1. The van der Waals surface area contributed by atoms with Crippen LogP contribution in [0.3, 0.4) is 0 Å². The number of thiazole rings is 1. The van der Waals surface area contributed by atoms with Crippen molar-refractivity contribution in [2.45, 2.75) is 6.92 Å². The summed E-state index contributed by atoms with van der Waals surface area (Å²) in [6.45, 7) is 5.88. The third-order valence-corrected chi connectivity index (χ3v) is 5.37. The molecular weight excluding hydrogens is 322 g/mol. The van der Waals surface area contributed by atoms with Gasteiger partial charge in [-0.05, 0) is 25.1 Å². The molecule has 1 N–H and O–H groups in total. The summed E-state index contributed by atoms with van der Waals surface area (Å²) in [5.74, 6) is 1.52. The Morgan fingerprint density at radius 1 is 1.25 bits per heavy atom. The smallest absolute Gasteiger partial charge is 0.161 e. The summed E-state index contributed by atoms with van der Waals surface area (Å²) in [4.78, 5) is 16.6. The molecule has 0 saturated carbocycles. The van der Waals surface area contributed by atoms with Crippen molar-refractivity contribution in [2.24, 2.45) is 5.41 Å². The summed E-state index contributed by atoms with van der Waals surface area (Å²) in [5, 5.41) is 3.41. The molecule has 6 nitrogen and oxygen atoms in total. The van der Waals surface area contributed by atoms with Crippen LogP contribution in [0.1, 0.15) is 5.82 Å². The maximum absolute atomic E-state index is 5.35. The fourth-order valence-corrected chi connectivity index (χ4v) is 4.10. The third-order valence-electron chi connectivity index (χ3n) is 4.65. The molecule has 1 spiro atoms. The number of aryl methyl sites for hydroxylation is 1. The highest BCUT2D eigenvalue weighted by atomic mass is 32.1. The number of hydrogen-bond acceptors (Lipinski definition) is 7. The fourth-order valence-electron chi connectivity index (χ4n) is 3.39. The lowest BCUT2D eigenvalue weighted by Crippen LogP contribution is -2.66. The van der Waals surface area contributed by atoms with E-state index in [1.54, 1.807) is 5.51 Å². The van der Waals surface area contributed by atoms with Gasteiger partial charge in [-0.2, -0.15) is 0 Å². The van der Waals surface area contributed by atoms with Crippen LogP contribution in [0, 0.1) is 12.3 Å². The molecule has 0 bridgehead atoms. The second-order valence-electron chi connectivity index (χ2n) is 6.65. The van der Waals surface area contributed by atoms with Crippen molar-refractivity contribution in [1.82, 2.24) is 15.0 Å². The quantitative estimate of drug-likeness (QED) is 0.791. The Hall–Kier alpha value is -2.25. The number of fused-ring (bicyclic) bond motifs is 1. The summed E-state index contributed by atoms with van der Waals surface area (Å²) < 4.78 is 5.35. The van der Waals surface area contributed by atoms with Crippen molar-refractivity contribution < 1.29 is 4.74 Å². The number of nitrogens with zero attached hydrogens (tertiary/aromatic N) is 4. The first kappa shape index (κ1) is 14.1. The molecule has 5 rings (SSSR count). The summed E-state index contributed by atoms with van der Waals surface area (Å²) in [7, 11) is 0. The molecule has 0 radical (unpaired) electrons. The van der Waals surface area contributed by atoms with Crippen LogP contribution in [0.4, 0.5) is 17.2 Å². The standard InChI is InChI=1S/C17H17N5OS/c1-11-19-15(14-16(20-11)24-10-18-14)21-12-3-2-4-13(5-12)22-6-17(7-22)8-23-9-17/h2-5,10H,6-9H2,1H3,(H,19,20,21). The molecule has 2 aliphatic rings. The first-order valence-corrected chi connectivity index (χ1v) is 8.86. The van der Waals surface area contributed by atoms with Crippen molar-refractivity contribution in [3.05, 3.63) is 35.6 Å². The predicted molar refractivity (Wildman–Crippen MR) is 95.1 cm³/mol. The molecule has 2 fully saturated rings. The highest BCUT2D eigenvalue weighted by Crippen LogP contribution is 2.40. The first-order chi connectivity index (χ1) is 11.7. The Balaban J connectivity index is 1.41. The van der Waals surface area contributed by atoms with Crippen molar-refractivity contribution >= 4 is 38.9 Å². The van der Waals surface area contributed by atoms with Crippen LogP contribution in [0.15, 0.2) is 29.8 Å². The van der Waals surface area contributed by atoms with Gasteiger partial charge in [0.25, 0.3) is 0 Å². The van der Waals surface area contributed by atoms with Crippen molar-refractivity contribution in [3.63, 3.8) is 0 Å². The van der Waals surface area contributed by atoms with Crippen LogP contribution in [-0.4, -0.2) is 41.3 Å². The summed E-state index contributed by atoms with van der Waals surface area (Å²) in [6, 6.07) is 8.45.